The number of benzene rings is 1. The molecule has 0 radical (unpaired) electrons. The van der Waals surface area contributed by atoms with E-state index >= 15 is 0 Å². The Morgan fingerprint density at radius 1 is 1.11 bits per heavy atom. The SMILES string of the molecule is COC(=O)CN(C)C(=N)NC(=O)OC(OC(=O)Cc1ccccc1)C(C)C. The van der Waals surface area contributed by atoms with Crippen LogP contribution in [0.15, 0.2) is 30.3 Å². The van der Waals surface area contributed by atoms with Crippen molar-refractivity contribution in [3.8, 4) is 0 Å². The molecule has 0 aliphatic rings. The molecular formula is C18H25N3O6. The van der Waals surface area contributed by atoms with Crippen molar-refractivity contribution < 1.29 is 28.6 Å². The molecule has 0 saturated heterocycles. The van der Waals surface area contributed by atoms with Gasteiger partial charge in [0, 0.05) is 13.0 Å². The van der Waals surface area contributed by atoms with E-state index in [2.05, 4.69) is 10.1 Å². The molecule has 0 aliphatic heterocycles. The average molecular weight is 379 g/mol. The Morgan fingerprint density at radius 2 is 1.74 bits per heavy atom. The summed E-state index contributed by atoms with van der Waals surface area (Å²) in [7, 11) is 2.65. The van der Waals surface area contributed by atoms with Crippen molar-refractivity contribution in [3.05, 3.63) is 35.9 Å². The van der Waals surface area contributed by atoms with Crippen LogP contribution in [0.2, 0.25) is 0 Å². The third-order valence-corrected chi connectivity index (χ3v) is 3.40. The van der Waals surface area contributed by atoms with Crippen molar-refractivity contribution in [2.24, 2.45) is 5.92 Å². The predicted molar refractivity (Wildman–Crippen MR) is 96.9 cm³/mol. The lowest BCUT2D eigenvalue weighted by atomic mass is 10.1. The van der Waals surface area contributed by atoms with Gasteiger partial charge >= 0.3 is 18.0 Å². The van der Waals surface area contributed by atoms with E-state index in [1.165, 1.54) is 19.1 Å². The van der Waals surface area contributed by atoms with Crippen LogP contribution in [0.1, 0.15) is 19.4 Å². The Morgan fingerprint density at radius 3 is 2.30 bits per heavy atom. The van der Waals surface area contributed by atoms with Crippen LogP contribution in [0, 0.1) is 11.3 Å². The van der Waals surface area contributed by atoms with Crippen LogP contribution in [-0.2, 0) is 30.2 Å². The van der Waals surface area contributed by atoms with E-state index in [4.69, 9.17) is 14.9 Å². The number of methoxy groups -OCH3 is 1. The average Bonchev–Trinajstić information content (AvgIpc) is 2.61. The minimum atomic E-state index is -1.11. The van der Waals surface area contributed by atoms with Gasteiger partial charge in [-0.3, -0.25) is 20.3 Å². The third kappa shape index (κ3) is 8.21. The normalized spacial score (nSPS) is 11.3. The number of amides is 1. The van der Waals surface area contributed by atoms with E-state index in [1.54, 1.807) is 26.0 Å². The number of hydrogen-bond acceptors (Lipinski definition) is 7. The lowest BCUT2D eigenvalue weighted by molar-refractivity contribution is -0.173. The number of carbonyl (C=O) groups excluding carboxylic acids is 3. The first-order chi connectivity index (χ1) is 12.7. The number of nitrogens with zero attached hydrogens (tertiary/aromatic N) is 1. The Kier molecular flexibility index (Phi) is 8.77. The number of likely N-dealkylation sites (N-methyl/N-ethyl adjacent to an activating group) is 1. The van der Waals surface area contributed by atoms with E-state index < -0.39 is 24.3 Å². The Labute approximate surface area is 158 Å². The highest BCUT2D eigenvalue weighted by Gasteiger charge is 2.24. The number of carbonyl (C=O) groups is 3. The van der Waals surface area contributed by atoms with Crippen LogP contribution in [0.25, 0.3) is 0 Å². The summed E-state index contributed by atoms with van der Waals surface area (Å²) in [5.41, 5.74) is 0.778. The fraction of sp³-hybridized carbons (Fsp3) is 0.444. The highest BCUT2D eigenvalue weighted by atomic mass is 16.7. The molecule has 1 aromatic carbocycles. The largest absolute Gasteiger partial charge is 0.468 e. The highest BCUT2D eigenvalue weighted by molar-refractivity contribution is 5.93. The van der Waals surface area contributed by atoms with Crippen molar-refractivity contribution in [2.45, 2.75) is 26.6 Å². The van der Waals surface area contributed by atoms with Crippen LogP contribution in [-0.4, -0.2) is 55.9 Å². The van der Waals surface area contributed by atoms with Gasteiger partial charge in [0.05, 0.1) is 13.5 Å². The monoisotopic (exact) mass is 379 g/mol. The van der Waals surface area contributed by atoms with Crippen molar-refractivity contribution in [1.82, 2.24) is 10.2 Å². The maximum Gasteiger partial charge on any atom is 0.417 e. The van der Waals surface area contributed by atoms with Crippen LogP contribution >= 0.6 is 0 Å². The van der Waals surface area contributed by atoms with Crippen molar-refractivity contribution in [3.63, 3.8) is 0 Å². The number of alkyl carbamates (subject to hydrolysis) is 1. The van der Waals surface area contributed by atoms with E-state index in [0.29, 0.717) is 0 Å². The van der Waals surface area contributed by atoms with Gasteiger partial charge in [-0.2, -0.15) is 0 Å². The molecule has 9 nitrogen and oxygen atoms in total. The second-order valence-electron chi connectivity index (χ2n) is 6.08. The van der Waals surface area contributed by atoms with Gasteiger partial charge in [0.1, 0.15) is 6.54 Å². The molecule has 0 spiro atoms. The van der Waals surface area contributed by atoms with Crippen molar-refractivity contribution in [1.29, 1.82) is 5.41 Å². The zero-order chi connectivity index (χ0) is 20.4. The summed E-state index contributed by atoms with van der Waals surface area (Å²) in [4.78, 5) is 36.4. The molecule has 0 fully saturated rings. The molecule has 1 aromatic rings. The molecule has 1 atom stereocenters. The maximum absolute atomic E-state index is 12.1. The van der Waals surface area contributed by atoms with E-state index in [-0.39, 0.29) is 24.8 Å². The lowest BCUT2D eigenvalue weighted by Crippen LogP contribution is -2.45. The first-order valence-corrected chi connectivity index (χ1v) is 8.30. The molecule has 0 aliphatic carbocycles. The number of rotatable bonds is 7. The smallest absolute Gasteiger partial charge is 0.417 e. The molecule has 27 heavy (non-hydrogen) atoms. The van der Waals surface area contributed by atoms with Crippen LogP contribution in [0.4, 0.5) is 4.79 Å². The molecule has 9 heteroatoms. The fourth-order valence-corrected chi connectivity index (χ4v) is 1.89. The molecular weight excluding hydrogens is 354 g/mol. The van der Waals surface area contributed by atoms with Gasteiger partial charge in [-0.05, 0) is 5.56 Å². The second-order valence-corrected chi connectivity index (χ2v) is 6.08. The van der Waals surface area contributed by atoms with Crippen molar-refractivity contribution in [2.75, 3.05) is 20.7 Å². The Balaban J connectivity index is 2.55. The van der Waals surface area contributed by atoms with E-state index in [9.17, 15) is 14.4 Å². The molecule has 0 saturated carbocycles. The summed E-state index contributed by atoms with van der Waals surface area (Å²) in [6.45, 7) is 3.24. The standard InChI is InChI=1S/C18H25N3O6/c1-12(2)16(26-14(22)10-13-8-6-5-7-9-13)27-18(24)20-17(19)21(3)11-15(23)25-4/h5-9,12,16H,10-11H2,1-4H3,(H2,19,20,24). The minimum Gasteiger partial charge on any atom is -0.468 e. The molecule has 148 valence electrons. The maximum atomic E-state index is 12.1. The van der Waals surface area contributed by atoms with E-state index in [1.807, 2.05) is 18.2 Å². The minimum absolute atomic E-state index is 0.0483. The van der Waals surface area contributed by atoms with Gasteiger partial charge in [-0.15, -0.1) is 0 Å². The summed E-state index contributed by atoms with van der Waals surface area (Å²) in [5, 5.41) is 9.90. The molecule has 2 N–H and O–H groups in total. The van der Waals surface area contributed by atoms with Gasteiger partial charge in [-0.1, -0.05) is 44.2 Å². The predicted octanol–water partition coefficient (Wildman–Crippen LogP) is 1.52. The summed E-state index contributed by atoms with van der Waals surface area (Å²) < 4.78 is 14.8. The van der Waals surface area contributed by atoms with E-state index in [0.717, 1.165) is 5.56 Å². The second kappa shape index (κ2) is 10.8. The van der Waals surface area contributed by atoms with Gasteiger partial charge in [-0.25, -0.2) is 4.79 Å². The number of guanidine groups is 1. The zero-order valence-electron chi connectivity index (χ0n) is 15.9. The van der Waals surface area contributed by atoms with Crippen LogP contribution in [0.3, 0.4) is 0 Å². The molecule has 1 rings (SSSR count). The highest BCUT2D eigenvalue weighted by Crippen LogP contribution is 2.11. The summed E-state index contributed by atoms with van der Waals surface area (Å²) >= 11 is 0. The van der Waals surface area contributed by atoms with Gasteiger partial charge in [0.25, 0.3) is 6.29 Å². The Hall–Kier alpha value is -3.10. The van der Waals surface area contributed by atoms with Gasteiger partial charge in [0.15, 0.2) is 0 Å². The van der Waals surface area contributed by atoms with Gasteiger partial charge in [0.2, 0.25) is 5.96 Å². The van der Waals surface area contributed by atoms with Crippen molar-refractivity contribution >= 4 is 24.0 Å². The Bertz CT molecular complexity index is 662. The zero-order valence-corrected chi connectivity index (χ0v) is 15.9. The first kappa shape index (κ1) is 21.9. The number of nitrogens with one attached hydrogen (secondary N) is 2. The molecule has 1 amide bonds. The third-order valence-electron chi connectivity index (χ3n) is 3.40. The summed E-state index contributed by atoms with van der Waals surface area (Å²) in [6, 6.07) is 9.03. The van der Waals surface area contributed by atoms with Gasteiger partial charge < -0.3 is 19.1 Å². The fourth-order valence-electron chi connectivity index (χ4n) is 1.89. The summed E-state index contributed by atoms with van der Waals surface area (Å²) in [6.07, 6.45) is -2.03. The molecule has 0 bridgehead atoms. The van der Waals surface area contributed by atoms with Crippen LogP contribution in [0.5, 0.6) is 0 Å². The quantitative estimate of drug-likeness (QED) is 0.319. The topological polar surface area (TPSA) is 118 Å². The molecule has 0 aromatic heterocycles. The lowest BCUT2D eigenvalue weighted by Gasteiger charge is -2.23. The van der Waals surface area contributed by atoms with Crippen LogP contribution < -0.4 is 5.32 Å². The number of esters is 2. The molecule has 0 heterocycles. The molecule has 1 unspecified atom stereocenters. The number of hydrogen-bond donors (Lipinski definition) is 2. The first-order valence-electron chi connectivity index (χ1n) is 8.30. The number of ether oxygens (including phenoxy) is 3. The summed E-state index contributed by atoms with van der Waals surface area (Å²) in [5.74, 6) is -1.75.